The van der Waals surface area contributed by atoms with Crippen LogP contribution in [0.4, 0.5) is 0 Å². The normalized spacial score (nSPS) is 18.7. The Morgan fingerprint density at radius 1 is 1.50 bits per heavy atom. The number of carbonyl (C=O) groups excluding carboxylic acids is 1. The highest BCUT2D eigenvalue weighted by Gasteiger charge is 2.19. The van der Waals surface area contributed by atoms with E-state index in [0.29, 0.717) is 13.0 Å². The number of nitrogens with one attached hydrogen (secondary N) is 2. The summed E-state index contributed by atoms with van der Waals surface area (Å²) in [6.07, 6.45) is 1.59. The zero-order valence-electron chi connectivity index (χ0n) is 10.7. The Kier molecular flexibility index (Phi) is 4.59. The summed E-state index contributed by atoms with van der Waals surface area (Å²) in [7, 11) is 0. The fraction of sp³-hybridized carbons (Fsp3) is 0.500. The van der Waals surface area contributed by atoms with Crippen molar-refractivity contribution in [3.8, 4) is 5.75 Å². The van der Waals surface area contributed by atoms with E-state index in [2.05, 4.69) is 10.6 Å². The van der Waals surface area contributed by atoms with Gasteiger partial charge in [-0.15, -0.1) is 0 Å². The van der Waals surface area contributed by atoms with Gasteiger partial charge in [-0.1, -0.05) is 12.1 Å². The van der Waals surface area contributed by atoms with Gasteiger partial charge < -0.3 is 15.4 Å². The van der Waals surface area contributed by atoms with Gasteiger partial charge in [0.25, 0.3) is 0 Å². The summed E-state index contributed by atoms with van der Waals surface area (Å²) in [5.41, 5.74) is 1.20. The molecule has 0 radical (unpaired) electrons. The molecule has 1 unspecified atom stereocenters. The Balaban J connectivity index is 1.57. The van der Waals surface area contributed by atoms with Crippen LogP contribution >= 0.6 is 0 Å². The van der Waals surface area contributed by atoms with Gasteiger partial charge in [-0.3, -0.25) is 4.79 Å². The molecular formula is C14H20N2O2. The Bertz CT molecular complexity index is 407. The third kappa shape index (κ3) is 4.04. The highest BCUT2D eigenvalue weighted by molar-refractivity contribution is 5.78. The van der Waals surface area contributed by atoms with E-state index < -0.39 is 0 Å². The topological polar surface area (TPSA) is 50.4 Å². The van der Waals surface area contributed by atoms with Crippen LogP contribution in [0.3, 0.4) is 0 Å². The highest BCUT2D eigenvalue weighted by Crippen LogP contribution is 2.11. The second kappa shape index (κ2) is 6.40. The third-order valence-electron chi connectivity index (χ3n) is 3.01. The molecule has 2 N–H and O–H groups in total. The summed E-state index contributed by atoms with van der Waals surface area (Å²) in [6.45, 7) is 4.31. The van der Waals surface area contributed by atoms with Crippen molar-refractivity contribution in [1.29, 1.82) is 0 Å². The van der Waals surface area contributed by atoms with Crippen molar-refractivity contribution in [2.24, 2.45) is 0 Å². The lowest BCUT2D eigenvalue weighted by Gasteiger charge is -2.12. The first-order chi connectivity index (χ1) is 8.74. The van der Waals surface area contributed by atoms with Crippen LogP contribution in [0.25, 0.3) is 0 Å². The van der Waals surface area contributed by atoms with E-state index in [0.717, 1.165) is 25.3 Å². The largest absolute Gasteiger partial charge is 0.492 e. The molecule has 4 nitrogen and oxygen atoms in total. The Labute approximate surface area is 108 Å². The van der Waals surface area contributed by atoms with E-state index in [1.807, 2.05) is 31.2 Å². The van der Waals surface area contributed by atoms with Crippen LogP contribution in [0, 0.1) is 6.92 Å². The second-order valence-electron chi connectivity index (χ2n) is 4.67. The lowest BCUT2D eigenvalue weighted by atomic mass is 10.2. The van der Waals surface area contributed by atoms with Crippen molar-refractivity contribution >= 4 is 5.91 Å². The number of carbonyl (C=O) groups is 1. The van der Waals surface area contributed by atoms with Crippen LogP contribution in [0.15, 0.2) is 24.3 Å². The summed E-state index contributed by atoms with van der Waals surface area (Å²) >= 11 is 0. The minimum absolute atomic E-state index is 0.165. The van der Waals surface area contributed by atoms with E-state index in [4.69, 9.17) is 4.74 Å². The number of ether oxygens (including phenoxy) is 1. The predicted molar refractivity (Wildman–Crippen MR) is 70.7 cm³/mol. The summed E-state index contributed by atoms with van der Waals surface area (Å²) in [5.74, 6) is 1.07. The van der Waals surface area contributed by atoms with Gasteiger partial charge in [0.05, 0.1) is 0 Å². The third-order valence-corrected chi connectivity index (χ3v) is 3.01. The standard InChI is InChI=1S/C14H20N2O2/c1-11-3-2-4-13(9-11)18-8-7-15-10-12-5-6-14(17)16-12/h2-4,9,12,15H,5-8,10H2,1H3,(H,16,17). The number of rotatable bonds is 6. The van der Waals surface area contributed by atoms with Crippen LogP contribution in [-0.4, -0.2) is 31.6 Å². The molecule has 1 aromatic carbocycles. The summed E-state index contributed by atoms with van der Waals surface area (Å²) in [6, 6.07) is 8.32. The first kappa shape index (κ1) is 12.9. The highest BCUT2D eigenvalue weighted by atomic mass is 16.5. The molecule has 0 saturated carbocycles. The smallest absolute Gasteiger partial charge is 0.220 e. The van der Waals surface area contributed by atoms with Crippen molar-refractivity contribution in [3.05, 3.63) is 29.8 Å². The maximum absolute atomic E-state index is 11.0. The SMILES string of the molecule is Cc1cccc(OCCNCC2CCC(=O)N2)c1. The van der Waals surface area contributed by atoms with E-state index in [1.54, 1.807) is 0 Å². The minimum Gasteiger partial charge on any atom is -0.492 e. The molecule has 0 spiro atoms. The monoisotopic (exact) mass is 248 g/mol. The van der Waals surface area contributed by atoms with Crippen LogP contribution < -0.4 is 15.4 Å². The lowest BCUT2D eigenvalue weighted by molar-refractivity contribution is -0.119. The molecule has 1 aromatic rings. The first-order valence-corrected chi connectivity index (χ1v) is 6.43. The van der Waals surface area contributed by atoms with E-state index in [-0.39, 0.29) is 11.9 Å². The van der Waals surface area contributed by atoms with Gasteiger partial charge in [0, 0.05) is 25.6 Å². The maximum Gasteiger partial charge on any atom is 0.220 e. The van der Waals surface area contributed by atoms with Crippen LogP contribution in [-0.2, 0) is 4.79 Å². The van der Waals surface area contributed by atoms with E-state index in [9.17, 15) is 4.79 Å². The van der Waals surface area contributed by atoms with Crippen molar-refractivity contribution in [3.63, 3.8) is 0 Å². The summed E-state index contributed by atoms with van der Waals surface area (Å²) < 4.78 is 5.62. The van der Waals surface area contributed by atoms with Gasteiger partial charge in [0.15, 0.2) is 0 Å². The van der Waals surface area contributed by atoms with Gasteiger partial charge in [-0.2, -0.15) is 0 Å². The Hall–Kier alpha value is -1.55. The maximum atomic E-state index is 11.0. The molecule has 1 aliphatic rings. The average molecular weight is 248 g/mol. The quantitative estimate of drug-likeness (QED) is 0.745. The van der Waals surface area contributed by atoms with Crippen LogP contribution in [0.5, 0.6) is 5.75 Å². The zero-order chi connectivity index (χ0) is 12.8. The minimum atomic E-state index is 0.165. The molecule has 1 atom stereocenters. The Morgan fingerprint density at radius 2 is 2.39 bits per heavy atom. The van der Waals surface area contributed by atoms with E-state index >= 15 is 0 Å². The molecule has 2 rings (SSSR count). The number of benzene rings is 1. The zero-order valence-corrected chi connectivity index (χ0v) is 10.7. The second-order valence-corrected chi connectivity index (χ2v) is 4.67. The van der Waals surface area contributed by atoms with Gasteiger partial charge in [-0.25, -0.2) is 0 Å². The molecule has 0 bridgehead atoms. The molecule has 1 aliphatic heterocycles. The number of hydrogen-bond acceptors (Lipinski definition) is 3. The molecule has 0 aliphatic carbocycles. The Morgan fingerprint density at radius 3 is 3.11 bits per heavy atom. The molecule has 1 amide bonds. The number of hydrogen-bond donors (Lipinski definition) is 2. The molecule has 4 heteroatoms. The van der Waals surface area contributed by atoms with Crippen LogP contribution in [0.2, 0.25) is 0 Å². The van der Waals surface area contributed by atoms with E-state index in [1.165, 1.54) is 5.56 Å². The lowest BCUT2D eigenvalue weighted by Crippen LogP contribution is -2.37. The van der Waals surface area contributed by atoms with Gasteiger partial charge in [0.2, 0.25) is 5.91 Å². The van der Waals surface area contributed by atoms with Crippen molar-refractivity contribution in [2.75, 3.05) is 19.7 Å². The molecular weight excluding hydrogens is 228 g/mol. The molecule has 1 saturated heterocycles. The molecule has 1 fully saturated rings. The predicted octanol–water partition coefficient (Wildman–Crippen LogP) is 1.24. The van der Waals surface area contributed by atoms with Crippen molar-refractivity contribution < 1.29 is 9.53 Å². The summed E-state index contributed by atoms with van der Waals surface area (Å²) in [4.78, 5) is 11.0. The molecule has 18 heavy (non-hydrogen) atoms. The average Bonchev–Trinajstić information content (AvgIpc) is 2.75. The van der Waals surface area contributed by atoms with Crippen molar-refractivity contribution in [1.82, 2.24) is 10.6 Å². The van der Waals surface area contributed by atoms with Crippen LogP contribution in [0.1, 0.15) is 18.4 Å². The summed E-state index contributed by atoms with van der Waals surface area (Å²) in [5, 5.41) is 6.22. The molecule has 98 valence electrons. The number of aryl methyl sites for hydroxylation is 1. The van der Waals surface area contributed by atoms with Gasteiger partial charge >= 0.3 is 0 Å². The fourth-order valence-corrected chi connectivity index (χ4v) is 2.05. The van der Waals surface area contributed by atoms with Gasteiger partial charge in [0.1, 0.15) is 12.4 Å². The molecule has 1 heterocycles. The fourth-order valence-electron chi connectivity index (χ4n) is 2.05. The molecule has 0 aromatic heterocycles. The van der Waals surface area contributed by atoms with Gasteiger partial charge in [-0.05, 0) is 31.0 Å². The van der Waals surface area contributed by atoms with Crippen molar-refractivity contribution in [2.45, 2.75) is 25.8 Å². The first-order valence-electron chi connectivity index (χ1n) is 6.43. The number of amides is 1.